The number of urea groups is 1. The van der Waals surface area contributed by atoms with Gasteiger partial charge in [-0.3, -0.25) is 4.79 Å². The number of ether oxygens (including phenoxy) is 1. The molecule has 7 heteroatoms. The van der Waals surface area contributed by atoms with Gasteiger partial charge in [0.2, 0.25) is 5.91 Å². The highest BCUT2D eigenvalue weighted by Crippen LogP contribution is 2.34. The van der Waals surface area contributed by atoms with Crippen LogP contribution in [-0.2, 0) is 14.3 Å². The van der Waals surface area contributed by atoms with Crippen LogP contribution in [0.25, 0.3) is 0 Å². The van der Waals surface area contributed by atoms with Crippen molar-refractivity contribution < 1.29 is 19.1 Å². The number of nitrogens with one attached hydrogen (secondary N) is 3. The van der Waals surface area contributed by atoms with Crippen LogP contribution in [0.3, 0.4) is 0 Å². The summed E-state index contributed by atoms with van der Waals surface area (Å²) < 4.78 is 4.89. The topological polar surface area (TPSA) is 96.5 Å². The average molecular weight is 404 g/mol. The summed E-state index contributed by atoms with van der Waals surface area (Å²) in [4.78, 5) is 35.7. The first-order chi connectivity index (χ1) is 13.3. The minimum Gasteiger partial charge on any atom is -0.460 e. The fourth-order valence-corrected chi connectivity index (χ4v) is 2.95. The summed E-state index contributed by atoms with van der Waals surface area (Å²) in [5, 5.41) is 8.19. The van der Waals surface area contributed by atoms with Crippen molar-refractivity contribution in [2.24, 2.45) is 10.8 Å². The number of carbonyl (C=O) groups is 3. The Hall–Kier alpha value is -2.83. The Bertz CT molecular complexity index is 746. The standard InChI is InChI=1S/C22H33N3O4/c1-15(2)18(26)29-13-12-23-20(28)25-17-10-8-16(9-11-17)24-19(27)22(6,7)14-21(3,4)5/h8-11H,1,12-14H2,2-7H3,(H,24,27)(H2,23,25,28). The highest BCUT2D eigenvalue weighted by Gasteiger charge is 2.32. The van der Waals surface area contributed by atoms with E-state index >= 15 is 0 Å². The molecular weight excluding hydrogens is 370 g/mol. The number of hydrogen-bond acceptors (Lipinski definition) is 4. The summed E-state index contributed by atoms with van der Waals surface area (Å²) in [6.45, 7) is 15.5. The molecule has 0 heterocycles. The lowest BCUT2D eigenvalue weighted by molar-refractivity contribution is -0.138. The summed E-state index contributed by atoms with van der Waals surface area (Å²) in [5.74, 6) is -0.536. The van der Waals surface area contributed by atoms with E-state index in [1.54, 1.807) is 31.2 Å². The zero-order valence-electron chi connectivity index (χ0n) is 18.3. The van der Waals surface area contributed by atoms with Crippen molar-refractivity contribution in [1.29, 1.82) is 0 Å². The van der Waals surface area contributed by atoms with Crippen LogP contribution in [0.15, 0.2) is 36.4 Å². The van der Waals surface area contributed by atoms with E-state index in [0.717, 1.165) is 6.42 Å². The number of rotatable bonds is 8. The van der Waals surface area contributed by atoms with Crippen molar-refractivity contribution in [3.05, 3.63) is 36.4 Å². The molecule has 0 aliphatic rings. The third-order valence-electron chi connectivity index (χ3n) is 3.96. The van der Waals surface area contributed by atoms with Gasteiger partial charge in [0.1, 0.15) is 6.61 Å². The van der Waals surface area contributed by atoms with Crippen molar-refractivity contribution in [3.63, 3.8) is 0 Å². The van der Waals surface area contributed by atoms with Gasteiger partial charge in [0.05, 0.1) is 6.54 Å². The van der Waals surface area contributed by atoms with Gasteiger partial charge in [-0.2, -0.15) is 0 Å². The van der Waals surface area contributed by atoms with Crippen LogP contribution in [0.4, 0.5) is 16.2 Å². The molecule has 0 atom stereocenters. The molecule has 1 aromatic rings. The lowest BCUT2D eigenvalue weighted by Crippen LogP contribution is -2.34. The van der Waals surface area contributed by atoms with Crippen LogP contribution in [0, 0.1) is 10.8 Å². The molecule has 0 aromatic heterocycles. The van der Waals surface area contributed by atoms with E-state index in [9.17, 15) is 14.4 Å². The van der Waals surface area contributed by atoms with E-state index in [0.29, 0.717) is 16.9 Å². The Balaban J connectivity index is 2.49. The maximum absolute atomic E-state index is 12.6. The molecule has 0 bridgehead atoms. The molecule has 0 radical (unpaired) electrons. The number of benzene rings is 1. The van der Waals surface area contributed by atoms with Crippen molar-refractivity contribution in [2.75, 3.05) is 23.8 Å². The lowest BCUT2D eigenvalue weighted by atomic mass is 9.75. The number of hydrogen-bond donors (Lipinski definition) is 3. The number of amides is 3. The second-order valence-corrected chi connectivity index (χ2v) is 8.95. The van der Waals surface area contributed by atoms with Crippen LogP contribution in [0.1, 0.15) is 48.0 Å². The molecule has 0 saturated heterocycles. The average Bonchev–Trinajstić information content (AvgIpc) is 2.58. The van der Waals surface area contributed by atoms with E-state index in [2.05, 4.69) is 43.3 Å². The van der Waals surface area contributed by atoms with Gasteiger partial charge in [-0.15, -0.1) is 0 Å². The van der Waals surface area contributed by atoms with Gasteiger partial charge in [-0.1, -0.05) is 41.2 Å². The first-order valence-electron chi connectivity index (χ1n) is 9.59. The van der Waals surface area contributed by atoms with Crippen LogP contribution in [0.2, 0.25) is 0 Å². The highest BCUT2D eigenvalue weighted by atomic mass is 16.5. The lowest BCUT2D eigenvalue weighted by Gasteiger charge is -2.31. The molecule has 0 unspecified atom stereocenters. The third-order valence-corrected chi connectivity index (χ3v) is 3.96. The monoisotopic (exact) mass is 403 g/mol. The SMILES string of the molecule is C=C(C)C(=O)OCCNC(=O)Nc1ccc(NC(=O)C(C)(C)CC(C)(C)C)cc1. The molecule has 3 amide bonds. The first-order valence-corrected chi connectivity index (χ1v) is 9.59. The molecule has 0 aliphatic carbocycles. The van der Waals surface area contributed by atoms with Crippen molar-refractivity contribution in [2.45, 2.75) is 48.0 Å². The third kappa shape index (κ3) is 9.27. The largest absolute Gasteiger partial charge is 0.460 e. The minimum atomic E-state index is -0.497. The Morgan fingerprint density at radius 2 is 1.48 bits per heavy atom. The zero-order valence-corrected chi connectivity index (χ0v) is 18.3. The number of esters is 1. The van der Waals surface area contributed by atoms with Gasteiger partial charge < -0.3 is 20.7 Å². The molecule has 3 N–H and O–H groups in total. The molecule has 0 spiro atoms. The minimum absolute atomic E-state index is 0.0461. The van der Waals surface area contributed by atoms with Crippen LogP contribution < -0.4 is 16.0 Å². The number of carbonyl (C=O) groups excluding carboxylic acids is 3. The van der Waals surface area contributed by atoms with E-state index in [4.69, 9.17) is 4.74 Å². The van der Waals surface area contributed by atoms with E-state index in [-0.39, 0.29) is 24.5 Å². The fourth-order valence-electron chi connectivity index (χ4n) is 2.95. The summed E-state index contributed by atoms with van der Waals surface area (Å²) >= 11 is 0. The van der Waals surface area contributed by atoms with E-state index < -0.39 is 17.4 Å². The molecule has 29 heavy (non-hydrogen) atoms. The number of anilines is 2. The summed E-state index contributed by atoms with van der Waals surface area (Å²) in [7, 11) is 0. The molecule has 0 fully saturated rings. The summed E-state index contributed by atoms with van der Waals surface area (Å²) in [5.41, 5.74) is 1.10. The van der Waals surface area contributed by atoms with E-state index in [1.807, 2.05) is 13.8 Å². The molecule has 0 aliphatic heterocycles. The van der Waals surface area contributed by atoms with Gasteiger partial charge in [-0.25, -0.2) is 9.59 Å². The Morgan fingerprint density at radius 3 is 1.97 bits per heavy atom. The maximum Gasteiger partial charge on any atom is 0.333 e. The molecule has 0 saturated carbocycles. The van der Waals surface area contributed by atoms with Gasteiger partial charge in [0, 0.05) is 22.4 Å². The molecular formula is C22H33N3O4. The van der Waals surface area contributed by atoms with Gasteiger partial charge in [0.25, 0.3) is 0 Å². The van der Waals surface area contributed by atoms with Gasteiger partial charge in [-0.05, 0) is 43.0 Å². The molecule has 1 rings (SSSR count). The quantitative estimate of drug-likeness (QED) is 0.342. The van der Waals surface area contributed by atoms with Crippen molar-refractivity contribution in [3.8, 4) is 0 Å². The van der Waals surface area contributed by atoms with E-state index in [1.165, 1.54) is 0 Å². The van der Waals surface area contributed by atoms with Gasteiger partial charge in [0.15, 0.2) is 0 Å². The molecule has 160 valence electrons. The smallest absolute Gasteiger partial charge is 0.333 e. The first kappa shape index (κ1) is 24.2. The zero-order chi connectivity index (χ0) is 22.2. The van der Waals surface area contributed by atoms with Crippen LogP contribution in [0.5, 0.6) is 0 Å². The van der Waals surface area contributed by atoms with Gasteiger partial charge >= 0.3 is 12.0 Å². The maximum atomic E-state index is 12.6. The Morgan fingerprint density at radius 1 is 0.966 bits per heavy atom. The van der Waals surface area contributed by atoms with Crippen LogP contribution in [-0.4, -0.2) is 31.1 Å². The predicted molar refractivity (Wildman–Crippen MR) is 116 cm³/mol. The normalized spacial score (nSPS) is 11.4. The summed E-state index contributed by atoms with van der Waals surface area (Å²) in [6, 6.07) is 6.45. The summed E-state index contributed by atoms with van der Waals surface area (Å²) in [6.07, 6.45) is 0.757. The molecule has 1 aromatic carbocycles. The second-order valence-electron chi connectivity index (χ2n) is 8.95. The van der Waals surface area contributed by atoms with Crippen LogP contribution >= 0.6 is 0 Å². The fraction of sp³-hybridized carbons (Fsp3) is 0.500. The Labute approximate surface area is 173 Å². The highest BCUT2D eigenvalue weighted by molar-refractivity contribution is 5.95. The second kappa shape index (κ2) is 10.1. The van der Waals surface area contributed by atoms with Crippen molar-refractivity contribution >= 4 is 29.3 Å². The van der Waals surface area contributed by atoms with Crippen molar-refractivity contribution in [1.82, 2.24) is 5.32 Å². The predicted octanol–water partition coefficient (Wildman–Crippen LogP) is 4.33. The molecule has 7 nitrogen and oxygen atoms in total. The Kier molecular flexibility index (Phi) is 8.42.